The third kappa shape index (κ3) is 3.04. The Morgan fingerprint density at radius 2 is 2.30 bits per heavy atom. The van der Waals surface area contributed by atoms with Crippen molar-refractivity contribution >= 4 is 17.3 Å². The monoisotopic (exact) mass is 277 g/mol. The molecule has 2 unspecified atom stereocenters. The number of carbonyl (C=O) groups is 1. The van der Waals surface area contributed by atoms with E-state index < -0.39 is 5.91 Å². The molecule has 0 aliphatic heterocycles. The van der Waals surface area contributed by atoms with Gasteiger partial charge in [-0.15, -0.1) is 0 Å². The number of nitrogen functional groups attached to an aromatic ring is 1. The first-order valence-corrected chi connectivity index (χ1v) is 7.04. The highest BCUT2D eigenvalue weighted by Gasteiger charge is 2.34. The Balaban J connectivity index is 2.27. The number of aliphatic hydroxyl groups excluding tert-OH is 1. The molecule has 0 spiro atoms. The Bertz CT molecular complexity index is 504. The van der Waals surface area contributed by atoms with Crippen molar-refractivity contribution in [2.45, 2.75) is 38.1 Å². The van der Waals surface area contributed by atoms with Crippen LogP contribution < -0.4 is 16.8 Å². The minimum atomic E-state index is -0.483. The lowest BCUT2D eigenvalue weighted by molar-refractivity contribution is 0.100. The molecule has 1 aliphatic carbocycles. The van der Waals surface area contributed by atoms with Crippen LogP contribution in [0.3, 0.4) is 0 Å². The average molecular weight is 277 g/mol. The van der Waals surface area contributed by atoms with Crippen molar-refractivity contribution in [2.24, 2.45) is 11.7 Å². The predicted molar refractivity (Wildman–Crippen MR) is 80.4 cm³/mol. The number of nitrogens with one attached hydrogen (secondary N) is 1. The number of hydrogen-bond acceptors (Lipinski definition) is 4. The minimum absolute atomic E-state index is 0.0532. The molecule has 5 nitrogen and oxygen atoms in total. The van der Waals surface area contributed by atoms with E-state index in [9.17, 15) is 9.90 Å². The van der Waals surface area contributed by atoms with Crippen molar-refractivity contribution in [1.29, 1.82) is 0 Å². The zero-order valence-corrected chi connectivity index (χ0v) is 11.9. The fraction of sp³-hybridized carbons (Fsp3) is 0.533. The molecule has 1 aliphatic rings. The topological polar surface area (TPSA) is 101 Å². The van der Waals surface area contributed by atoms with Gasteiger partial charge in [-0.25, -0.2) is 0 Å². The molecule has 2 rings (SSSR count). The number of nitrogens with two attached hydrogens (primary N) is 2. The zero-order chi connectivity index (χ0) is 14.8. The third-order valence-electron chi connectivity index (χ3n) is 4.13. The lowest BCUT2D eigenvalue weighted by atomic mass is 9.76. The van der Waals surface area contributed by atoms with Crippen molar-refractivity contribution in [3.63, 3.8) is 0 Å². The summed E-state index contributed by atoms with van der Waals surface area (Å²) in [6, 6.07) is 4.94. The quantitative estimate of drug-likeness (QED) is 0.629. The van der Waals surface area contributed by atoms with E-state index in [1.807, 2.05) is 0 Å². The van der Waals surface area contributed by atoms with Gasteiger partial charge in [0.15, 0.2) is 0 Å². The fourth-order valence-electron chi connectivity index (χ4n) is 3.06. The van der Waals surface area contributed by atoms with Gasteiger partial charge < -0.3 is 21.9 Å². The van der Waals surface area contributed by atoms with E-state index in [1.165, 1.54) is 6.42 Å². The number of primary amides is 1. The summed E-state index contributed by atoms with van der Waals surface area (Å²) in [4.78, 5) is 11.3. The van der Waals surface area contributed by atoms with Gasteiger partial charge in [-0.05, 0) is 37.0 Å². The maximum atomic E-state index is 11.3. The molecule has 1 saturated carbocycles. The second-order valence-electron chi connectivity index (χ2n) is 5.93. The largest absolute Gasteiger partial charge is 0.397 e. The fourth-order valence-corrected chi connectivity index (χ4v) is 3.06. The number of amides is 1. The van der Waals surface area contributed by atoms with Crippen LogP contribution in [0.2, 0.25) is 0 Å². The van der Waals surface area contributed by atoms with E-state index in [-0.39, 0.29) is 12.1 Å². The normalized spacial score (nSPS) is 26.2. The van der Waals surface area contributed by atoms with Crippen LogP contribution in [0.5, 0.6) is 0 Å². The Hall–Kier alpha value is -1.75. The van der Waals surface area contributed by atoms with Crippen LogP contribution in [0.1, 0.15) is 43.0 Å². The summed E-state index contributed by atoms with van der Waals surface area (Å²) in [7, 11) is 0. The summed E-state index contributed by atoms with van der Waals surface area (Å²) in [5.41, 5.74) is 12.5. The molecular weight excluding hydrogens is 254 g/mol. The molecule has 0 bridgehead atoms. The van der Waals surface area contributed by atoms with Gasteiger partial charge in [-0.3, -0.25) is 4.79 Å². The number of carbonyl (C=O) groups excluding carboxylic acids is 1. The predicted octanol–water partition coefficient (Wildman–Crippen LogP) is 1.72. The van der Waals surface area contributed by atoms with E-state index >= 15 is 0 Å². The van der Waals surface area contributed by atoms with Crippen molar-refractivity contribution in [3.8, 4) is 0 Å². The molecule has 1 fully saturated rings. The minimum Gasteiger partial charge on any atom is -0.397 e. The lowest BCUT2D eigenvalue weighted by Gasteiger charge is -2.40. The van der Waals surface area contributed by atoms with Gasteiger partial charge >= 0.3 is 0 Å². The highest BCUT2D eigenvalue weighted by Crippen LogP contribution is 2.36. The first-order valence-electron chi connectivity index (χ1n) is 7.04. The number of rotatable bonds is 4. The molecule has 0 aromatic heterocycles. The van der Waals surface area contributed by atoms with Crippen LogP contribution in [0.25, 0.3) is 0 Å². The maximum absolute atomic E-state index is 11.3. The number of benzene rings is 1. The molecule has 0 heterocycles. The van der Waals surface area contributed by atoms with Crippen molar-refractivity contribution in [2.75, 3.05) is 17.7 Å². The summed E-state index contributed by atoms with van der Waals surface area (Å²) in [5.74, 6) is 0.0760. The Kier molecular flexibility index (Phi) is 4.18. The van der Waals surface area contributed by atoms with Gasteiger partial charge in [0.1, 0.15) is 0 Å². The van der Waals surface area contributed by atoms with Gasteiger partial charge in [0, 0.05) is 5.56 Å². The second kappa shape index (κ2) is 5.71. The first kappa shape index (κ1) is 14.7. The van der Waals surface area contributed by atoms with Crippen LogP contribution in [-0.2, 0) is 0 Å². The van der Waals surface area contributed by atoms with E-state index in [4.69, 9.17) is 11.5 Å². The number of aliphatic hydroxyl groups is 1. The summed E-state index contributed by atoms with van der Waals surface area (Å²) in [6.07, 6.45) is 4.04. The molecule has 1 aromatic carbocycles. The van der Waals surface area contributed by atoms with Gasteiger partial charge in [0.2, 0.25) is 5.91 Å². The molecule has 110 valence electrons. The number of anilines is 2. The molecular formula is C15H23N3O2. The highest BCUT2D eigenvalue weighted by molar-refractivity contribution is 5.95. The maximum Gasteiger partial charge on any atom is 0.248 e. The Morgan fingerprint density at radius 3 is 2.90 bits per heavy atom. The van der Waals surface area contributed by atoms with Gasteiger partial charge in [0.05, 0.1) is 23.5 Å². The SMILES string of the molecule is CC1CCCC(CO)(Nc2cc(C(N)=O)ccc2N)C1. The summed E-state index contributed by atoms with van der Waals surface area (Å²) < 4.78 is 0. The third-order valence-corrected chi connectivity index (χ3v) is 4.13. The van der Waals surface area contributed by atoms with Crippen molar-refractivity contribution < 1.29 is 9.90 Å². The Morgan fingerprint density at radius 1 is 1.55 bits per heavy atom. The van der Waals surface area contributed by atoms with E-state index in [0.717, 1.165) is 19.3 Å². The van der Waals surface area contributed by atoms with Crippen LogP contribution in [0, 0.1) is 5.92 Å². The summed E-state index contributed by atoms with van der Waals surface area (Å²) in [5, 5.41) is 13.2. The smallest absolute Gasteiger partial charge is 0.248 e. The molecule has 1 aromatic rings. The van der Waals surface area contributed by atoms with Crippen LogP contribution in [0.4, 0.5) is 11.4 Å². The molecule has 0 radical (unpaired) electrons. The van der Waals surface area contributed by atoms with Crippen LogP contribution in [-0.4, -0.2) is 23.2 Å². The Labute approximate surface area is 119 Å². The van der Waals surface area contributed by atoms with E-state index in [1.54, 1.807) is 18.2 Å². The van der Waals surface area contributed by atoms with Gasteiger partial charge in [0.25, 0.3) is 0 Å². The van der Waals surface area contributed by atoms with Crippen molar-refractivity contribution in [3.05, 3.63) is 23.8 Å². The zero-order valence-electron chi connectivity index (χ0n) is 11.9. The average Bonchev–Trinajstić information content (AvgIpc) is 2.41. The first-order chi connectivity index (χ1) is 9.46. The summed E-state index contributed by atoms with van der Waals surface area (Å²) >= 11 is 0. The van der Waals surface area contributed by atoms with Crippen LogP contribution >= 0.6 is 0 Å². The van der Waals surface area contributed by atoms with E-state index in [2.05, 4.69) is 12.2 Å². The molecule has 5 heteroatoms. The second-order valence-corrected chi connectivity index (χ2v) is 5.93. The molecule has 2 atom stereocenters. The standard InChI is InChI=1S/C15H23N3O2/c1-10-3-2-6-15(8-10,9-19)18-13-7-11(14(17)20)4-5-12(13)16/h4-5,7,10,18-19H,2-3,6,8-9,16H2,1H3,(H2,17,20). The molecule has 1 amide bonds. The van der Waals surface area contributed by atoms with E-state index in [0.29, 0.717) is 22.9 Å². The number of hydrogen-bond donors (Lipinski definition) is 4. The molecule has 0 saturated heterocycles. The highest BCUT2D eigenvalue weighted by atomic mass is 16.3. The van der Waals surface area contributed by atoms with Gasteiger partial charge in [-0.2, -0.15) is 0 Å². The molecule has 6 N–H and O–H groups in total. The van der Waals surface area contributed by atoms with Crippen molar-refractivity contribution in [1.82, 2.24) is 0 Å². The molecule has 20 heavy (non-hydrogen) atoms. The summed E-state index contributed by atoms with van der Waals surface area (Å²) in [6.45, 7) is 2.24. The van der Waals surface area contributed by atoms with Gasteiger partial charge in [-0.1, -0.05) is 19.8 Å². The van der Waals surface area contributed by atoms with Crippen LogP contribution in [0.15, 0.2) is 18.2 Å². The lowest BCUT2D eigenvalue weighted by Crippen LogP contribution is -2.46.